The van der Waals surface area contributed by atoms with Crippen molar-refractivity contribution in [3.05, 3.63) is 35.9 Å². The summed E-state index contributed by atoms with van der Waals surface area (Å²) in [6.07, 6.45) is 2.02. The fraction of sp³-hybridized carbons (Fsp3) is 0.632. The number of hydrogen-bond acceptors (Lipinski definition) is 3. The van der Waals surface area contributed by atoms with Gasteiger partial charge in [-0.3, -0.25) is 4.79 Å². The summed E-state index contributed by atoms with van der Waals surface area (Å²) in [4.78, 5) is 11.3. The Morgan fingerprint density at radius 1 is 1.14 bits per heavy atom. The third-order valence-electron chi connectivity index (χ3n) is 3.94. The van der Waals surface area contributed by atoms with Crippen molar-refractivity contribution in [2.24, 2.45) is 5.41 Å². The Balaban J connectivity index is 0.000000406. The second-order valence-electron chi connectivity index (χ2n) is 6.09. The lowest BCUT2D eigenvalue weighted by atomic mass is 9.91. The predicted octanol–water partition coefficient (Wildman–Crippen LogP) is 4.81. The van der Waals surface area contributed by atoms with Crippen LogP contribution in [0.15, 0.2) is 30.3 Å². The molecule has 0 N–H and O–H groups in total. The largest absolute Gasteiger partial charge is 0.463 e. The van der Waals surface area contributed by atoms with Gasteiger partial charge in [0.1, 0.15) is 6.61 Å². The van der Waals surface area contributed by atoms with E-state index in [0.717, 1.165) is 6.42 Å². The average molecular weight is 308 g/mol. The molecule has 0 bridgehead atoms. The maximum absolute atomic E-state index is 11.3. The van der Waals surface area contributed by atoms with Gasteiger partial charge >= 0.3 is 5.97 Å². The molecule has 0 aliphatic carbocycles. The highest BCUT2D eigenvalue weighted by molar-refractivity contribution is 5.75. The molecule has 0 saturated carbocycles. The minimum absolute atomic E-state index is 0.151. The lowest BCUT2D eigenvalue weighted by Crippen LogP contribution is -2.26. The highest BCUT2D eigenvalue weighted by Crippen LogP contribution is 2.21. The fourth-order valence-electron chi connectivity index (χ4n) is 1.57. The second kappa shape index (κ2) is 11.2. The number of ether oxygens (including phenoxy) is 2. The lowest BCUT2D eigenvalue weighted by molar-refractivity contribution is -0.155. The first-order valence-electron chi connectivity index (χ1n) is 8.10. The zero-order chi connectivity index (χ0) is 17.0. The van der Waals surface area contributed by atoms with Crippen LogP contribution < -0.4 is 0 Å². The second-order valence-corrected chi connectivity index (χ2v) is 6.09. The molecule has 0 saturated heterocycles. The van der Waals surface area contributed by atoms with Gasteiger partial charge in [-0.1, -0.05) is 51.1 Å². The molecule has 1 aromatic carbocycles. The van der Waals surface area contributed by atoms with Gasteiger partial charge in [0.2, 0.25) is 0 Å². The van der Waals surface area contributed by atoms with Gasteiger partial charge in [-0.2, -0.15) is 0 Å². The Morgan fingerprint density at radius 2 is 1.73 bits per heavy atom. The van der Waals surface area contributed by atoms with E-state index < -0.39 is 0 Å². The van der Waals surface area contributed by atoms with Crippen molar-refractivity contribution in [2.75, 3.05) is 20.3 Å². The number of esters is 1. The number of methoxy groups -OCH3 is 1. The van der Waals surface area contributed by atoms with E-state index in [1.165, 1.54) is 12.0 Å². The fourth-order valence-corrected chi connectivity index (χ4v) is 1.57. The SMILES string of the molecule is CCC(C)(C)C(=O)OCCOC.CCC(C)c1ccccc1. The quantitative estimate of drug-likeness (QED) is 0.535. The molecule has 0 fully saturated rings. The summed E-state index contributed by atoms with van der Waals surface area (Å²) >= 11 is 0. The number of hydrogen-bond donors (Lipinski definition) is 0. The summed E-state index contributed by atoms with van der Waals surface area (Å²) in [7, 11) is 1.58. The van der Waals surface area contributed by atoms with Gasteiger partial charge in [-0.15, -0.1) is 0 Å². The van der Waals surface area contributed by atoms with Crippen molar-refractivity contribution < 1.29 is 14.3 Å². The molecular weight excluding hydrogens is 276 g/mol. The van der Waals surface area contributed by atoms with E-state index in [-0.39, 0.29) is 11.4 Å². The van der Waals surface area contributed by atoms with E-state index in [1.807, 2.05) is 20.8 Å². The third kappa shape index (κ3) is 8.18. The molecule has 1 aromatic rings. The van der Waals surface area contributed by atoms with Crippen LogP contribution in [0, 0.1) is 5.41 Å². The smallest absolute Gasteiger partial charge is 0.311 e. The van der Waals surface area contributed by atoms with Crippen LogP contribution in [-0.4, -0.2) is 26.3 Å². The van der Waals surface area contributed by atoms with Gasteiger partial charge in [-0.25, -0.2) is 0 Å². The number of carbonyl (C=O) groups excluding carboxylic acids is 1. The van der Waals surface area contributed by atoms with E-state index >= 15 is 0 Å². The highest BCUT2D eigenvalue weighted by atomic mass is 16.6. The Hall–Kier alpha value is -1.35. The Kier molecular flexibility index (Phi) is 10.6. The van der Waals surface area contributed by atoms with Crippen molar-refractivity contribution in [3.8, 4) is 0 Å². The van der Waals surface area contributed by atoms with Gasteiger partial charge in [-0.05, 0) is 38.2 Å². The molecule has 126 valence electrons. The van der Waals surface area contributed by atoms with Crippen LogP contribution in [0.4, 0.5) is 0 Å². The predicted molar refractivity (Wildman–Crippen MR) is 92.1 cm³/mol. The Morgan fingerprint density at radius 3 is 2.18 bits per heavy atom. The topological polar surface area (TPSA) is 35.5 Å². The average Bonchev–Trinajstić information content (AvgIpc) is 2.55. The molecule has 0 radical (unpaired) electrons. The summed E-state index contributed by atoms with van der Waals surface area (Å²) in [5, 5.41) is 0. The normalized spacial score (nSPS) is 12.1. The van der Waals surface area contributed by atoms with E-state index in [0.29, 0.717) is 19.1 Å². The van der Waals surface area contributed by atoms with Crippen LogP contribution in [0.3, 0.4) is 0 Å². The Labute approximate surface area is 136 Å². The highest BCUT2D eigenvalue weighted by Gasteiger charge is 2.26. The van der Waals surface area contributed by atoms with Crippen molar-refractivity contribution >= 4 is 5.97 Å². The summed E-state index contributed by atoms with van der Waals surface area (Å²) in [6.45, 7) is 11.0. The minimum Gasteiger partial charge on any atom is -0.463 e. The van der Waals surface area contributed by atoms with Crippen LogP contribution in [0.25, 0.3) is 0 Å². The molecule has 0 aliphatic heterocycles. The lowest BCUT2D eigenvalue weighted by Gasteiger charge is -2.19. The molecular formula is C19H32O3. The molecule has 1 atom stereocenters. The van der Waals surface area contributed by atoms with Gasteiger partial charge in [0.15, 0.2) is 0 Å². The van der Waals surface area contributed by atoms with Crippen LogP contribution in [0.2, 0.25) is 0 Å². The molecule has 22 heavy (non-hydrogen) atoms. The molecule has 0 amide bonds. The standard InChI is InChI=1S/C10H14.C9H18O3/c1-3-9(2)10-7-5-4-6-8-10;1-5-9(2,3)8(10)12-7-6-11-4/h4-9H,3H2,1-2H3;5-7H2,1-4H3. The van der Waals surface area contributed by atoms with E-state index in [2.05, 4.69) is 44.2 Å². The monoisotopic (exact) mass is 308 g/mol. The van der Waals surface area contributed by atoms with E-state index in [9.17, 15) is 4.79 Å². The third-order valence-corrected chi connectivity index (χ3v) is 3.94. The molecule has 0 spiro atoms. The van der Waals surface area contributed by atoms with Crippen molar-refractivity contribution in [1.29, 1.82) is 0 Å². The zero-order valence-electron chi connectivity index (χ0n) is 15.0. The van der Waals surface area contributed by atoms with E-state index in [1.54, 1.807) is 7.11 Å². The first kappa shape index (κ1) is 20.6. The van der Waals surface area contributed by atoms with E-state index in [4.69, 9.17) is 9.47 Å². The van der Waals surface area contributed by atoms with Crippen LogP contribution in [-0.2, 0) is 14.3 Å². The molecule has 1 rings (SSSR count). The Bertz CT molecular complexity index is 398. The minimum atomic E-state index is -0.367. The number of benzene rings is 1. The summed E-state index contributed by atoms with van der Waals surface area (Å²) in [5.74, 6) is 0.559. The van der Waals surface area contributed by atoms with Gasteiger partial charge in [0.25, 0.3) is 0 Å². The first-order chi connectivity index (χ1) is 10.4. The number of carbonyl (C=O) groups is 1. The van der Waals surface area contributed by atoms with Crippen molar-refractivity contribution in [3.63, 3.8) is 0 Å². The first-order valence-corrected chi connectivity index (χ1v) is 8.10. The van der Waals surface area contributed by atoms with Crippen LogP contribution >= 0.6 is 0 Å². The van der Waals surface area contributed by atoms with Gasteiger partial charge in [0.05, 0.1) is 12.0 Å². The van der Waals surface area contributed by atoms with Crippen molar-refractivity contribution in [2.45, 2.75) is 53.4 Å². The summed E-state index contributed by atoms with van der Waals surface area (Å²) in [6, 6.07) is 10.6. The summed E-state index contributed by atoms with van der Waals surface area (Å²) < 4.78 is 9.74. The zero-order valence-corrected chi connectivity index (χ0v) is 15.0. The van der Waals surface area contributed by atoms with Gasteiger partial charge in [0, 0.05) is 7.11 Å². The van der Waals surface area contributed by atoms with Gasteiger partial charge < -0.3 is 9.47 Å². The number of rotatable bonds is 7. The van der Waals surface area contributed by atoms with Crippen LogP contribution in [0.5, 0.6) is 0 Å². The van der Waals surface area contributed by atoms with Crippen molar-refractivity contribution in [1.82, 2.24) is 0 Å². The molecule has 0 aliphatic rings. The maximum Gasteiger partial charge on any atom is 0.311 e. The molecule has 1 unspecified atom stereocenters. The van der Waals surface area contributed by atoms with Crippen LogP contribution in [0.1, 0.15) is 58.9 Å². The molecule has 3 heteroatoms. The molecule has 3 nitrogen and oxygen atoms in total. The maximum atomic E-state index is 11.3. The molecule has 0 heterocycles. The molecule has 0 aromatic heterocycles. The summed E-state index contributed by atoms with van der Waals surface area (Å²) in [5.41, 5.74) is 1.08.